The second kappa shape index (κ2) is 32.3. The number of hydrogen-bond donors (Lipinski definition) is 15. The highest BCUT2D eigenvalue weighted by Gasteiger charge is 2.43. The molecule has 29 heteroatoms. The molecule has 1 aromatic carbocycles. The van der Waals surface area contributed by atoms with Crippen LogP contribution in [0.15, 0.2) is 70.6 Å². The van der Waals surface area contributed by atoms with Crippen LogP contribution in [0.2, 0.25) is 0 Å². The first-order valence-electron chi connectivity index (χ1n) is 24.1. The lowest BCUT2D eigenvalue weighted by Crippen LogP contribution is -2.56. The molecule has 8 atom stereocenters. The van der Waals surface area contributed by atoms with Crippen LogP contribution < -0.4 is 59.3 Å². The topological polar surface area (TPSA) is 428 Å². The normalized spacial score (nSPS) is 18.6. The van der Waals surface area contributed by atoms with Crippen molar-refractivity contribution in [3.05, 3.63) is 71.2 Å². The Morgan fingerprint density at radius 3 is 1.79 bits per heavy atom. The van der Waals surface area contributed by atoms with Crippen molar-refractivity contribution in [2.45, 2.75) is 107 Å². The Bertz CT molecular complexity index is 2370. The summed E-state index contributed by atoms with van der Waals surface area (Å²) in [5, 5.41) is 61.0. The predicted molar refractivity (Wildman–Crippen MR) is 281 cm³/mol. The number of carbonyl (C=O) groups excluding carboxylic acids is 8. The molecule has 1 aromatic rings. The van der Waals surface area contributed by atoms with Gasteiger partial charge in [-0.1, -0.05) is 48.6 Å². The van der Waals surface area contributed by atoms with Gasteiger partial charge in [0.2, 0.25) is 23.6 Å². The van der Waals surface area contributed by atoms with Crippen molar-refractivity contribution >= 4 is 88.8 Å². The van der Waals surface area contributed by atoms with Crippen LogP contribution in [0.4, 0.5) is 4.79 Å². The van der Waals surface area contributed by atoms with Gasteiger partial charge in [-0.15, -0.1) is 11.8 Å². The van der Waals surface area contributed by atoms with Crippen molar-refractivity contribution in [2.24, 2.45) is 16.5 Å². The number of guanidine groups is 1. The molecule has 0 aliphatic carbocycles. The number of carboxylic acids is 2. The lowest BCUT2D eigenvalue weighted by atomic mass is 10.1. The van der Waals surface area contributed by atoms with Crippen molar-refractivity contribution < 1.29 is 68.4 Å². The van der Waals surface area contributed by atoms with Crippen LogP contribution in [0, 0.1) is 0 Å². The molecule has 418 valence electrons. The van der Waals surface area contributed by atoms with E-state index in [4.69, 9.17) is 11.5 Å². The lowest BCUT2D eigenvalue weighted by molar-refractivity contribution is -0.142. The number of rotatable bonds is 29. The van der Waals surface area contributed by atoms with Crippen molar-refractivity contribution in [1.82, 2.24) is 52.8 Å². The Morgan fingerprint density at radius 1 is 0.750 bits per heavy atom. The number of aliphatic imine (C=N–C) groups is 1. The summed E-state index contributed by atoms with van der Waals surface area (Å²) in [6, 6.07) is -0.875. The number of nitrogens with one attached hydrogen (secondary N) is 9. The van der Waals surface area contributed by atoms with Crippen LogP contribution in [0.3, 0.4) is 0 Å². The molecule has 1 unspecified atom stereocenters. The summed E-state index contributed by atoms with van der Waals surface area (Å²) >= 11 is 2.86. The summed E-state index contributed by atoms with van der Waals surface area (Å²) in [6.45, 7) is 2.48. The van der Waals surface area contributed by atoms with E-state index in [0.29, 0.717) is 36.5 Å². The average Bonchev–Trinajstić information content (AvgIpc) is 4.10. The molecular formula is C47H69N13O14S2. The zero-order chi connectivity index (χ0) is 56.5. The minimum atomic E-state index is -1.74. The summed E-state index contributed by atoms with van der Waals surface area (Å²) in [4.78, 5) is 136. The first-order valence-corrected chi connectivity index (χ1v) is 26.5. The van der Waals surface area contributed by atoms with Gasteiger partial charge in [0.25, 0.3) is 17.7 Å². The third-order valence-corrected chi connectivity index (χ3v) is 13.7. The second-order valence-corrected chi connectivity index (χ2v) is 19.2. The van der Waals surface area contributed by atoms with E-state index in [1.807, 2.05) is 6.26 Å². The number of carboxylic acid groups (broad SMARTS) is 2. The van der Waals surface area contributed by atoms with Crippen LogP contribution >= 0.6 is 23.5 Å². The number of aliphatic carboxylic acids is 2. The highest BCUT2D eigenvalue weighted by atomic mass is 32.2. The standard InChI is InChI=1S/C47H69N13O14S2/c1-5-26(36(63)53-29(15-11-18-50-46(48)49)43(69)60-19-12-16-35(60)42-57-34(24-76-42)41(68)54-30(44(70)71)17-20-75-4)51-39(66)32(22-61)55-37(64)27(6-2)52-40(67)33(23-62)56-38(65)28(7-3)58-47(74)59-31(45(72)73)21-25-13-9-8-10-14-25/h5-10,13-14,29-35,42,57,61-62H,11-12,15-24H2,1-4H3,(H,51,66)(H,52,67)(H,53,63)(H,54,68)(H,55,64)(H,56,65)(H,70,71)(H,72,73)(H4,48,49,50)(H2,58,59,74)/b26-5-,27-6-,28-7-/t29-,30-,31-,32-,33-,34?,35-,42-/m0/s1. The number of thioether (sulfide) groups is 2. The fourth-order valence-corrected chi connectivity index (χ4v) is 9.54. The lowest BCUT2D eigenvalue weighted by Gasteiger charge is -2.32. The van der Waals surface area contributed by atoms with Gasteiger partial charge in [0, 0.05) is 25.3 Å². The van der Waals surface area contributed by atoms with Crippen LogP contribution in [0.25, 0.3) is 0 Å². The monoisotopic (exact) mass is 1100 g/mol. The smallest absolute Gasteiger partial charge is 0.326 e. The largest absolute Gasteiger partial charge is 0.480 e. The second-order valence-electron chi connectivity index (χ2n) is 17.1. The number of benzene rings is 1. The molecule has 9 amide bonds. The molecule has 0 spiro atoms. The van der Waals surface area contributed by atoms with Crippen molar-refractivity contribution in [1.29, 1.82) is 0 Å². The van der Waals surface area contributed by atoms with E-state index in [2.05, 4.69) is 52.8 Å². The van der Waals surface area contributed by atoms with Crippen molar-refractivity contribution in [3.8, 4) is 0 Å². The number of likely N-dealkylation sites (tertiary alicyclic amines) is 1. The quantitative estimate of drug-likeness (QED) is 0.0162. The molecule has 0 aromatic heterocycles. The maximum atomic E-state index is 14.3. The van der Waals surface area contributed by atoms with E-state index in [1.54, 1.807) is 35.2 Å². The van der Waals surface area contributed by atoms with Gasteiger partial charge in [-0.3, -0.25) is 43.9 Å². The summed E-state index contributed by atoms with van der Waals surface area (Å²) < 4.78 is 0. The molecule has 0 radical (unpaired) electrons. The Labute approximate surface area is 447 Å². The number of urea groups is 1. The maximum Gasteiger partial charge on any atom is 0.326 e. The number of nitrogens with zero attached hydrogens (tertiary/aromatic N) is 2. The van der Waals surface area contributed by atoms with Gasteiger partial charge < -0.3 is 79.3 Å². The van der Waals surface area contributed by atoms with Crippen LogP contribution in [-0.4, -0.2) is 182 Å². The summed E-state index contributed by atoms with van der Waals surface area (Å²) in [5.74, 6) is -8.15. The van der Waals surface area contributed by atoms with Gasteiger partial charge in [-0.05, 0) is 70.4 Å². The molecule has 2 fully saturated rings. The van der Waals surface area contributed by atoms with E-state index in [1.165, 1.54) is 50.4 Å². The predicted octanol–water partition coefficient (Wildman–Crippen LogP) is -3.24. The van der Waals surface area contributed by atoms with Crippen LogP contribution in [-0.2, 0) is 49.6 Å². The van der Waals surface area contributed by atoms with Gasteiger partial charge in [0.1, 0.15) is 47.3 Å². The van der Waals surface area contributed by atoms with E-state index in [-0.39, 0.29) is 43.9 Å². The molecule has 0 bridgehead atoms. The van der Waals surface area contributed by atoms with Crippen molar-refractivity contribution in [2.75, 3.05) is 44.1 Å². The number of aliphatic hydroxyl groups excluding tert-OH is 2. The molecule has 2 aliphatic heterocycles. The molecule has 2 heterocycles. The minimum absolute atomic E-state index is 0.0431. The maximum absolute atomic E-state index is 14.3. The average molecular weight is 1100 g/mol. The van der Waals surface area contributed by atoms with Gasteiger partial charge in [0.15, 0.2) is 5.96 Å². The third-order valence-electron chi connectivity index (χ3n) is 11.7. The first-order chi connectivity index (χ1) is 36.2. The number of nitrogens with two attached hydrogens (primary N) is 2. The van der Waals surface area contributed by atoms with E-state index in [0.717, 1.165) is 12.2 Å². The summed E-state index contributed by atoms with van der Waals surface area (Å²) in [7, 11) is 0. The third kappa shape index (κ3) is 19.8. The molecule has 3 rings (SSSR count). The Hall–Kier alpha value is -7.21. The van der Waals surface area contributed by atoms with Crippen molar-refractivity contribution in [3.63, 3.8) is 0 Å². The zero-order valence-electron chi connectivity index (χ0n) is 42.5. The molecular weight excluding hydrogens is 1030 g/mol. The fraction of sp³-hybridized carbons (Fsp3) is 0.511. The number of aliphatic hydroxyl groups is 2. The highest BCUT2D eigenvalue weighted by molar-refractivity contribution is 8.00. The summed E-state index contributed by atoms with van der Waals surface area (Å²) in [5.41, 5.74) is 10.3. The molecule has 2 saturated heterocycles. The SMILES string of the molecule is C/C=C(\NC(=O)N[C@@H](Cc1ccccc1)C(=O)O)C(=O)N[C@@H](CO)C(=O)N/C(=C\C)C(=O)N[C@@H](CO)C(=O)N/C(=C\C)C(=O)N[C@@H](CCCN=C(N)N)C(=O)N1CCC[C@H]1[C@H]1NC(C(=O)N[C@@H](CCSC)C(=O)O)CS1. The summed E-state index contributed by atoms with van der Waals surface area (Å²) in [6.07, 6.45) is 6.89. The molecule has 27 nitrogen and oxygen atoms in total. The fourth-order valence-electron chi connectivity index (χ4n) is 7.66. The minimum Gasteiger partial charge on any atom is -0.480 e. The van der Waals surface area contributed by atoms with Crippen LogP contribution in [0.5, 0.6) is 0 Å². The first kappa shape index (κ1) is 63.1. The molecule has 2 aliphatic rings. The van der Waals surface area contributed by atoms with Gasteiger partial charge in [0.05, 0.1) is 30.7 Å². The zero-order valence-corrected chi connectivity index (χ0v) is 44.1. The highest BCUT2D eigenvalue weighted by Crippen LogP contribution is 2.31. The van der Waals surface area contributed by atoms with Gasteiger partial charge >= 0.3 is 18.0 Å². The molecule has 0 saturated carbocycles. The van der Waals surface area contributed by atoms with Gasteiger partial charge in [-0.25, -0.2) is 14.4 Å². The number of hydrogen-bond acceptors (Lipinski definition) is 16. The molecule has 76 heavy (non-hydrogen) atoms. The van der Waals surface area contributed by atoms with E-state index in [9.17, 15) is 68.4 Å². The Kier molecular flexibility index (Phi) is 26.8. The van der Waals surface area contributed by atoms with E-state index < -0.39 is 132 Å². The number of carbonyl (C=O) groups is 10. The molecule has 17 N–H and O–H groups in total. The van der Waals surface area contributed by atoms with E-state index >= 15 is 0 Å². The number of amides is 9. The number of allylic oxidation sites excluding steroid dienone is 3. The van der Waals surface area contributed by atoms with Gasteiger partial charge in [-0.2, -0.15) is 11.8 Å². The van der Waals surface area contributed by atoms with Crippen LogP contribution in [0.1, 0.15) is 58.4 Å². The Morgan fingerprint density at radius 2 is 1.29 bits per heavy atom. The Balaban J connectivity index is 1.64.